The highest BCUT2D eigenvalue weighted by Crippen LogP contribution is 2.47. The van der Waals surface area contributed by atoms with Gasteiger partial charge in [-0.25, -0.2) is 4.98 Å². The van der Waals surface area contributed by atoms with E-state index in [2.05, 4.69) is 22.2 Å². The second kappa shape index (κ2) is 7.17. The molecule has 5 rings (SSSR count). The molecule has 1 fully saturated rings. The van der Waals surface area contributed by atoms with Gasteiger partial charge in [-0.15, -0.1) is 0 Å². The first-order chi connectivity index (χ1) is 15.4. The fourth-order valence-electron chi connectivity index (χ4n) is 4.57. The highest BCUT2D eigenvalue weighted by Gasteiger charge is 2.47. The van der Waals surface area contributed by atoms with Crippen LogP contribution in [-0.4, -0.2) is 29.5 Å². The molecule has 32 heavy (non-hydrogen) atoms. The number of nitrogens with zero attached hydrogens (tertiary/aromatic N) is 8. The summed E-state index contributed by atoms with van der Waals surface area (Å²) in [5.41, 5.74) is 9.95. The second-order valence-corrected chi connectivity index (χ2v) is 8.38. The number of hydrogen-bond acceptors (Lipinski definition) is 7. The maximum absolute atomic E-state index is 9.42. The van der Waals surface area contributed by atoms with Crippen molar-refractivity contribution in [1.29, 1.82) is 10.5 Å². The monoisotopic (exact) mass is 423 g/mol. The minimum absolute atomic E-state index is 0.0449. The van der Waals surface area contributed by atoms with Gasteiger partial charge in [0, 0.05) is 30.4 Å². The SMILES string of the molecule is Cc1cc(-c2nc(-c3cc(N)n(C)n3)cc3ncccc23)nn1[C@]1(CC#N)C[C@H](C#N)C1. The number of nitrogen functional groups attached to an aromatic ring is 1. The van der Waals surface area contributed by atoms with Gasteiger partial charge in [0.05, 0.1) is 41.2 Å². The van der Waals surface area contributed by atoms with Crippen molar-refractivity contribution in [2.75, 3.05) is 5.73 Å². The summed E-state index contributed by atoms with van der Waals surface area (Å²) in [7, 11) is 1.78. The van der Waals surface area contributed by atoms with Crippen LogP contribution in [0.2, 0.25) is 0 Å². The van der Waals surface area contributed by atoms with E-state index in [1.165, 1.54) is 0 Å². The van der Waals surface area contributed by atoms with Gasteiger partial charge < -0.3 is 5.73 Å². The Morgan fingerprint density at radius 3 is 2.66 bits per heavy atom. The maximum atomic E-state index is 9.42. The molecule has 0 atom stereocenters. The largest absolute Gasteiger partial charge is 0.384 e. The summed E-state index contributed by atoms with van der Waals surface area (Å²) in [6, 6.07) is 14.1. The van der Waals surface area contributed by atoms with Crippen LogP contribution in [0.5, 0.6) is 0 Å². The molecule has 9 heteroatoms. The summed E-state index contributed by atoms with van der Waals surface area (Å²) in [5.74, 6) is 0.497. The zero-order chi connectivity index (χ0) is 22.5. The van der Waals surface area contributed by atoms with Gasteiger partial charge in [-0.2, -0.15) is 20.7 Å². The van der Waals surface area contributed by atoms with E-state index in [0.29, 0.717) is 47.9 Å². The molecule has 4 heterocycles. The average molecular weight is 423 g/mol. The Bertz CT molecular complexity index is 1400. The molecule has 0 spiro atoms. The van der Waals surface area contributed by atoms with Gasteiger partial charge in [0.25, 0.3) is 0 Å². The van der Waals surface area contributed by atoms with E-state index in [1.807, 2.05) is 35.9 Å². The highest BCUT2D eigenvalue weighted by atomic mass is 15.3. The van der Waals surface area contributed by atoms with E-state index in [4.69, 9.17) is 15.8 Å². The lowest BCUT2D eigenvalue weighted by Gasteiger charge is -2.44. The third kappa shape index (κ3) is 2.98. The van der Waals surface area contributed by atoms with E-state index in [0.717, 1.165) is 16.6 Å². The van der Waals surface area contributed by atoms with E-state index in [1.54, 1.807) is 24.0 Å². The molecule has 4 aromatic heterocycles. The summed E-state index contributed by atoms with van der Waals surface area (Å²) in [4.78, 5) is 9.41. The highest BCUT2D eigenvalue weighted by molar-refractivity contribution is 5.93. The van der Waals surface area contributed by atoms with Gasteiger partial charge in [-0.05, 0) is 44.0 Å². The lowest BCUT2D eigenvalue weighted by molar-refractivity contribution is 0.0859. The zero-order valence-corrected chi connectivity index (χ0v) is 17.8. The van der Waals surface area contributed by atoms with Gasteiger partial charge in [0.2, 0.25) is 0 Å². The van der Waals surface area contributed by atoms with Crippen LogP contribution in [-0.2, 0) is 12.6 Å². The first-order valence-corrected chi connectivity index (χ1v) is 10.3. The third-order valence-electron chi connectivity index (χ3n) is 6.20. The fraction of sp³-hybridized carbons (Fsp3) is 0.304. The quantitative estimate of drug-likeness (QED) is 0.532. The molecule has 0 bridgehead atoms. The van der Waals surface area contributed by atoms with Crippen molar-refractivity contribution in [3.05, 3.63) is 42.2 Å². The molecule has 2 N–H and O–H groups in total. The van der Waals surface area contributed by atoms with E-state index in [-0.39, 0.29) is 5.92 Å². The summed E-state index contributed by atoms with van der Waals surface area (Å²) >= 11 is 0. The predicted octanol–water partition coefficient (Wildman–Crippen LogP) is 3.33. The number of nitrogens with two attached hydrogens (primary N) is 1. The number of fused-ring (bicyclic) bond motifs is 1. The number of nitriles is 2. The van der Waals surface area contributed by atoms with Crippen molar-refractivity contribution >= 4 is 16.7 Å². The molecule has 0 saturated heterocycles. The van der Waals surface area contributed by atoms with E-state index < -0.39 is 5.54 Å². The van der Waals surface area contributed by atoms with Gasteiger partial charge in [-0.3, -0.25) is 14.3 Å². The smallest absolute Gasteiger partial charge is 0.122 e. The predicted molar refractivity (Wildman–Crippen MR) is 119 cm³/mol. The minimum Gasteiger partial charge on any atom is -0.384 e. The summed E-state index contributed by atoms with van der Waals surface area (Å²) < 4.78 is 3.51. The van der Waals surface area contributed by atoms with Crippen molar-refractivity contribution < 1.29 is 0 Å². The van der Waals surface area contributed by atoms with Gasteiger partial charge >= 0.3 is 0 Å². The Morgan fingerprint density at radius 1 is 1.16 bits per heavy atom. The maximum Gasteiger partial charge on any atom is 0.122 e. The lowest BCUT2D eigenvalue weighted by Crippen LogP contribution is -2.46. The third-order valence-corrected chi connectivity index (χ3v) is 6.20. The van der Waals surface area contributed by atoms with Crippen LogP contribution >= 0.6 is 0 Å². The Morgan fingerprint density at radius 2 is 1.97 bits per heavy atom. The normalized spacial score (nSPS) is 19.9. The molecule has 0 unspecified atom stereocenters. The van der Waals surface area contributed by atoms with E-state index >= 15 is 0 Å². The van der Waals surface area contributed by atoms with Crippen molar-refractivity contribution in [2.24, 2.45) is 13.0 Å². The zero-order valence-electron chi connectivity index (χ0n) is 17.8. The van der Waals surface area contributed by atoms with Crippen molar-refractivity contribution in [2.45, 2.75) is 31.7 Å². The van der Waals surface area contributed by atoms with Crippen LogP contribution in [0.4, 0.5) is 5.82 Å². The molecule has 158 valence electrons. The van der Waals surface area contributed by atoms with Crippen LogP contribution in [0, 0.1) is 35.5 Å². The average Bonchev–Trinajstić information content (AvgIpc) is 3.32. The minimum atomic E-state index is -0.446. The molecule has 0 aromatic carbocycles. The Kier molecular flexibility index (Phi) is 4.42. The Balaban J connectivity index is 1.66. The molecule has 4 aromatic rings. The molecule has 1 saturated carbocycles. The topological polar surface area (TPSA) is 135 Å². The lowest BCUT2D eigenvalue weighted by atomic mass is 9.67. The van der Waals surface area contributed by atoms with Crippen molar-refractivity contribution in [3.63, 3.8) is 0 Å². The summed E-state index contributed by atoms with van der Waals surface area (Å²) in [6.45, 7) is 1.97. The first-order valence-electron chi connectivity index (χ1n) is 10.3. The van der Waals surface area contributed by atoms with Gasteiger partial charge in [0.15, 0.2) is 0 Å². The summed E-state index contributed by atoms with van der Waals surface area (Å²) in [6.07, 6.45) is 3.31. The fourth-order valence-corrected chi connectivity index (χ4v) is 4.57. The van der Waals surface area contributed by atoms with E-state index in [9.17, 15) is 10.5 Å². The van der Waals surface area contributed by atoms with Gasteiger partial charge in [0.1, 0.15) is 22.9 Å². The molecule has 1 aliphatic carbocycles. The van der Waals surface area contributed by atoms with Crippen LogP contribution < -0.4 is 5.73 Å². The number of pyridine rings is 2. The number of anilines is 1. The molecule has 9 nitrogen and oxygen atoms in total. The first kappa shape index (κ1) is 19.7. The van der Waals surface area contributed by atoms with Crippen LogP contribution in [0.25, 0.3) is 33.7 Å². The standard InChI is InChI=1S/C23H21N9/c1-14-8-20(30-32(14)23(5-6-24)11-15(12-23)13-25)22-16-4-3-7-27-17(16)9-18(28-22)19-10-21(26)31(2)29-19/h3-4,7-10,15H,5,11-12,26H2,1-2H3/t15-,23+. The number of hydrogen-bond donors (Lipinski definition) is 1. The molecule has 0 aliphatic heterocycles. The Hall–Kier alpha value is -4.24. The van der Waals surface area contributed by atoms with Crippen LogP contribution in [0.3, 0.4) is 0 Å². The molecule has 1 aliphatic rings. The molecular weight excluding hydrogens is 402 g/mol. The molecular formula is C23H21N9. The Labute approximate surface area is 184 Å². The molecule has 0 radical (unpaired) electrons. The van der Waals surface area contributed by atoms with Gasteiger partial charge in [-0.1, -0.05) is 0 Å². The number of aromatic nitrogens is 6. The van der Waals surface area contributed by atoms with Crippen LogP contribution in [0.1, 0.15) is 25.0 Å². The number of aryl methyl sites for hydroxylation is 2. The second-order valence-electron chi connectivity index (χ2n) is 8.38. The van der Waals surface area contributed by atoms with Crippen molar-refractivity contribution in [1.82, 2.24) is 29.5 Å². The van der Waals surface area contributed by atoms with Crippen LogP contribution in [0.15, 0.2) is 36.5 Å². The summed E-state index contributed by atoms with van der Waals surface area (Å²) in [5, 5.41) is 28.9. The number of rotatable bonds is 4. The van der Waals surface area contributed by atoms with Crippen molar-refractivity contribution in [3.8, 4) is 34.9 Å². The molecule has 0 amide bonds.